The Morgan fingerprint density at radius 3 is 2.41 bits per heavy atom. The second-order valence-electron chi connectivity index (χ2n) is 6.99. The van der Waals surface area contributed by atoms with E-state index in [1.807, 2.05) is 13.8 Å². The first-order chi connectivity index (χ1) is 12.7. The van der Waals surface area contributed by atoms with Gasteiger partial charge in [0.2, 0.25) is 0 Å². The highest BCUT2D eigenvalue weighted by atomic mass is 16.5. The number of ketones is 1. The molecule has 2 aromatic rings. The largest absolute Gasteiger partial charge is 0.464 e. The van der Waals surface area contributed by atoms with Gasteiger partial charge in [0.15, 0.2) is 11.5 Å². The second-order valence-corrected chi connectivity index (χ2v) is 6.99. The Labute approximate surface area is 158 Å². The molecule has 1 unspecified atom stereocenters. The highest BCUT2D eigenvalue weighted by molar-refractivity contribution is 6.07. The number of H-pyrrole nitrogens is 1. The third-order valence-corrected chi connectivity index (χ3v) is 4.48. The Hall–Kier alpha value is -2.83. The summed E-state index contributed by atoms with van der Waals surface area (Å²) in [6, 6.07) is 2.49. The fourth-order valence-electron chi connectivity index (χ4n) is 3.13. The molecule has 0 saturated heterocycles. The topological polar surface area (TPSA) is 92.6 Å². The number of esters is 1. The van der Waals surface area contributed by atoms with Crippen LogP contribution in [-0.2, 0) is 4.74 Å². The van der Waals surface area contributed by atoms with E-state index in [1.54, 1.807) is 32.9 Å². The molecule has 0 bridgehead atoms. The van der Waals surface area contributed by atoms with E-state index in [0.29, 0.717) is 23.4 Å². The van der Waals surface area contributed by atoms with Gasteiger partial charge < -0.3 is 19.0 Å². The summed E-state index contributed by atoms with van der Waals surface area (Å²) < 4.78 is 9.98. The summed E-state index contributed by atoms with van der Waals surface area (Å²) in [5.41, 5.74) is 1.74. The van der Waals surface area contributed by atoms with Gasteiger partial charge in [-0.2, -0.15) is 0 Å². The van der Waals surface area contributed by atoms with Crippen molar-refractivity contribution in [2.75, 3.05) is 13.7 Å². The zero-order chi connectivity index (χ0) is 20.3. The molecule has 1 amide bonds. The lowest BCUT2D eigenvalue weighted by Gasteiger charge is -2.29. The lowest BCUT2D eigenvalue weighted by molar-refractivity contribution is 0.0577. The molecular weight excluding hydrogens is 348 g/mol. The van der Waals surface area contributed by atoms with Gasteiger partial charge in [0.05, 0.1) is 19.4 Å². The first-order valence-corrected chi connectivity index (χ1v) is 8.85. The van der Waals surface area contributed by atoms with Crippen LogP contribution in [0.15, 0.2) is 22.8 Å². The molecule has 0 saturated carbocycles. The third-order valence-electron chi connectivity index (χ3n) is 4.48. The first kappa shape index (κ1) is 20.5. The average molecular weight is 374 g/mol. The zero-order valence-electron chi connectivity index (χ0n) is 16.6. The summed E-state index contributed by atoms with van der Waals surface area (Å²) in [4.78, 5) is 42.4. The van der Waals surface area contributed by atoms with Crippen LogP contribution in [0.3, 0.4) is 0 Å². The first-order valence-electron chi connectivity index (χ1n) is 8.85. The Kier molecular flexibility index (Phi) is 6.25. The minimum atomic E-state index is -0.719. The maximum Gasteiger partial charge on any atom is 0.354 e. The van der Waals surface area contributed by atoms with E-state index in [4.69, 9.17) is 9.15 Å². The molecule has 0 spiro atoms. The number of carbonyl (C=O) groups is 3. The molecule has 1 N–H and O–H groups in total. The van der Waals surface area contributed by atoms with Crippen molar-refractivity contribution in [3.8, 4) is 0 Å². The van der Waals surface area contributed by atoms with Gasteiger partial charge in [-0.3, -0.25) is 9.59 Å². The van der Waals surface area contributed by atoms with Crippen molar-refractivity contribution in [1.29, 1.82) is 0 Å². The molecule has 2 rings (SSSR count). The lowest BCUT2D eigenvalue weighted by atomic mass is 9.99. The van der Waals surface area contributed by atoms with E-state index in [-0.39, 0.29) is 29.1 Å². The van der Waals surface area contributed by atoms with Crippen LogP contribution in [0.2, 0.25) is 0 Å². The van der Waals surface area contributed by atoms with Gasteiger partial charge in [-0.15, -0.1) is 0 Å². The number of nitrogens with one attached hydrogen (secondary N) is 1. The average Bonchev–Trinajstić information content (AvgIpc) is 3.25. The molecule has 2 heterocycles. The summed E-state index contributed by atoms with van der Waals surface area (Å²) in [7, 11) is 1.29. The van der Waals surface area contributed by atoms with E-state index in [9.17, 15) is 14.4 Å². The monoisotopic (exact) mass is 374 g/mol. The predicted molar refractivity (Wildman–Crippen MR) is 100.0 cm³/mol. The standard InChI is InChI=1S/C20H26N2O5/c1-11(2)10-22(19(24)15-8-7-9-27-15)14(5)18(23)16-12(3)17(20(25)26-6)21-13(16)4/h7-9,11,14,21H,10H2,1-6H3. The molecule has 7 nitrogen and oxygen atoms in total. The highest BCUT2D eigenvalue weighted by Gasteiger charge is 2.32. The van der Waals surface area contributed by atoms with Gasteiger partial charge in [0.1, 0.15) is 5.69 Å². The highest BCUT2D eigenvalue weighted by Crippen LogP contribution is 2.23. The number of furan rings is 1. The van der Waals surface area contributed by atoms with Crippen LogP contribution < -0.4 is 0 Å². The van der Waals surface area contributed by atoms with Crippen molar-refractivity contribution in [2.24, 2.45) is 5.92 Å². The smallest absolute Gasteiger partial charge is 0.354 e. The molecule has 2 aromatic heterocycles. The van der Waals surface area contributed by atoms with Crippen molar-refractivity contribution < 1.29 is 23.5 Å². The summed E-state index contributed by atoms with van der Waals surface area (Å²) in [5, 5.41) is 0. The van der Waals surface area contributed by atoms with E-state index >= 15 is 0 Å². The summed E-state index contributed by atoms with van der Waals surface area (Å²) in [5.74, 6) is -0.759. The van der Waals surface area contributed by atoms with Crippen LogP contribution in [0.25, 0.3) is 0 Å². The van der Waals surface area contributed by atoms with Gasteiger partial charge in [-0.1, -0.05) is 13.8 Å². The van der Waals surface area contributed by atoms with E-state index < -0.39 is 12.0 Å². The van der Waals surface area contributed by atoms with Crippen LogP contribution in [0, 0.1) is 19.8 Å². The van der Waals surface area contributed by atoms with Crippen LogP contribution in [0.5, 0.6) is 0 Å². The molecule has 0 fully saturated rings. The number of amides is 1. The van der Waals surface area contributed by atoms with Crippen LogP contribution in [0.4, 0.5) is 0 Å². The molecule has 0 aliphatic carbocycles. The Morgan fingerprint density at radius 1 is 1.22 bits per heavy atom. The van der Waals surface area contributed by atoms with Crippen molar-refractivity contribution in [2.45, 2.75) is 40.7 Å². The summed E-state index contributed by atoms with van der Waals surface area (Å²) in [6.45, 7) is 9.45. The molecule has 0 aromatic carbocycles. The fourth-order valence-corrected chi connectivity index (χ4v) is 3.13. The SMILES string of the molecule is COC(=O)c1[nH]c(C)c(C(=O)C(C)N(CC(C)C)C(=O)c2ccco2)c1C. The number of hydrogen-bond donors (Lipinski definition) is 1. The van der Waals surface area contributed by atoms with Crippen LogP contribution >= 0.6 is 0 Å². The number of aromatic nitrogens is 1. The Morgan fingerprint density at radius 2 is 1.89 bits per heavy atom. The van der Waals surface area contributed by atoms with Crippen molar-refractivity contribution in [3.63, 3.8) is 0 Å². The quantitative estimate of drug-likeness (QED) is 0.592. The molecular formula is C20H26N2O5. The van der Waals surface area contributed by atoms with Gasteiger partial charge in [0, 0.05) is 17.8 Å². The summed E-state index contributed by atoms with van der Waals surface area (Å²) >= 11 is 0. The number of Topliss-reactive ketones (excluding diaryl/α,β-unsaturated/α-hetero) is 1. The normalized spacial score (nSPS) is 12.1. The number of aromatic amines is 1. The van der Waals surface area contributed by atoms with E-state index in [0.717, 1.165) is 0 Å². The molecule has 7 heteroatoms. The van der Waals surface area contributed by atoms with Gasteiger partial charge >= 0.3 is 5.97 Å². The number of methoxy groups -OCH3 is 1. The number of ether oxygens (including phenoxy) is 1. The summed E-state index contributed by atoms with van der Waals surface area (Å²) in [6.07, 6.45) is 1.43. The fraction of sp³-hybridized carbons (Fsp3) is 0.450. The number of carbonyl (C=O) groups excluding carboxylic acids is 3. The second kappa shape index (κ2) is 8.24. The molecule has 27 heavy (non-hydrogen) atoms. The van der Waals surface area contributed by atoms with Gasteiger partial charge in [-0.05, 0) is 44.4 Å². The van der Waals surface area contributed by atoms with Crippen LogP contribution in [0.1, 0.15) is 63.4 Å². The molecule has 0 radical (unpaired) electrons. The Bertz CT molecular complexity index is 833. The number of nitrogens with zero attached hydrogens (tertiary/aromatic N) is 1. The van der Waals surface area contributed by atoms with Crippen molar-refractivity contribution >= 4 is 17.7 Å². The molecule has 146 valence electrons. The maximum atomic E-state index is 13.2. The zero-order valence-corrected chi connectivity index (χ0v) is 16.6. The van der Waals surface area contributed by atoms with Gasteiger partial charge in [0.25, 0.3) is 5.91 Å². The van der Waals surface area contributed by atoms with Gasteiger partial charge in [-0.25, -0.2) is 4.79 Å². The van der Waals surface area contributed by atoms with Crippen LogP contribution in [-0.4, -0.2) is 47.2 Å². The lowest BCUT2D eigenvalue weighted by Crippen LogP contribution is -2.45. The molecule has 0 aliphatic rings. The minimum absolute atomic E-state index is 0.165. The predicted octanol–water partition coefficient (Wildman–Crippen LogP) is 3.38. The maximum absolute atomic E-state index is 13.2. The number of rotatable bonds is 7. The number of aryl methyl sites for hydroxylation is 1. The van der Waals surface area contributed by atoms with Crippen molar-refractivity contribution in [3.05, 3.63) is 46.7 Å². The molecule has 0 aliphatic heterocycles. The number of hydrogen-bond acceptors (Lipinski definition) is 5. The molecule has 1 atom stereocenters. The third kappa shape index (κ3) is 4.13. The Balaban J connectivity index is 2.39. The van der Waals surface area contributed by atoms with E-state index in [2.05, 4.69) is 4.98 Å². The minimum Gasteiger partial charge on any atom is -0.464 e. The van der Waals surface area contributed by atoms with E-state index in [1.165, 1.54) is 18.3 Å². The van der Waals surface area contributed by atoms with Crippen molar-refractivity contribution in [1.82, 2.24) is 9.88 Å².